The van der Waals surface area contributed by atoms with Crippen molar-refractivity contribution in [2.45, 2.75) is 33.2 Å². The predicted octanol–water partition coefficient (Wildman–Crippen LogP) is 3.24. The zero-order valence-corrected chi connectivity index (χ0v) is 20.2. The van der Waals surface area contributed by atoms with E-state index in [-0.39, 0.29) is 18.2 Å². The Balaban J connectivity index is 0.000000616. The molecular weight excluding hydrogens is 446 g/mol. The third-order valence-electron chi connectivity index (χ3n) is 4.08. The summed E-state index contributed by atoms with van der Waals surface area (Å²) in [6.07, 6.45) is 1.56. The van der Waals surface area contributed by atoms with E-state index in [9.17, 15) is 19.2 Å². The number of hydrogen-bond donors (Lipinski definition) is 2. The van der Waals surface area contributed by atoms with Crippen LogP contribution < -0.4 is 10.1 Å². The molecule has 34 heavy (non-hydrogen) atoms. The second kappa shape index (κ2) is 18.0. The van der Waals surface area contributed by atoms with Crippen LogP contribution in [0.1, 0.15) is 48.1 Å². The van der Waals surface area contributed by atoms with Gasteiger partial charge in [0.2, 0.25) is 5.76 Å². The van der Waals surface area contributed by atoms with Crippen molar-refractivity contribution in [3.05, 3.63) is 41.7 Å². The summed E-state index contributed by atoms with van der Waals surface area (Å²) in [5, 5.41) is 11.5. The number of carboxylic acids is 1. The molecule has 0 fully saturated rings. The van der Waals surface area contributed by atoms with Gasteiger partial charge in [-0.25, -0.2) is 4.79 Å². The van der Waals surface area contributed by atoms with E-state index in [1.807, 2.05) is 13.8 Å². The van der Waals surface area contributed by atoms with Gasteiger partial charge in [-0.05, 0) is 52.1 Å². The quantitative estimate of drug-likeness (QED) is 0.364. The van der Waals surface area contributed by atoms with Gasteiger partial charge in [0, 0.05) is 25.7 Å². The summed E-state index contributed by atoms with van der Waals surface area (Å²) < 4.78 is 19.8. The Morgan fingerprint density at radius 3 is 2.21 bits per heavy atom. The molecule has 0 aliphatic heterocycles. The minimum atomic E-state index is -1.12. The standard InChI is InChI=1S/C14H12O5.C7H13NO3.C3H8O/c1-2-18-13-7-9(3-4-10(13)8-15)11-5-6-12(19-11)14(16)17;1-3-11-7(10)6(8-2)4-5-9;1-3-4-2/h3-8H,2H2,1H3,(H,16,17);5-6,8H,3-4H2,1-2H3;3H2,1-2H3. The van der Waals surface area contributed by atoms with Crippen LogP contribution in [0.2, 0.25) is 0 Å². The fourth-order valence-electron chi connectivity index (χ4n) is 2.34. The Morgan fingerprint density at radius 2 is 1.76 bits per heavy atom. The Bertz CT molecular complexity index is 890. The minimum Gasteiger partial charge on any atom is -0.493 e. The second-order valence-electron chi connectivity index (χ2n) is 6.35. The Hall–Kier alpha value is -3.50. The smallest absolute Gasteiger partial charge is 0.371 e. The first kappa shape index (κ1) is 30.5. The molecule has 1 aromatic heterocycles. The molecule has 1 aromatic carbocycles. The minimum absolute atomic E-state index is 0.132. The molecule has 1 unspecified atom stereocenters. The summed E-state index contributed by atoms with van der Waals surface area (Å²) in [4.78, 5) is 42.6. The molecule has 0 bridgehead atoms. The molecule has 1 heterocycles. The van der Waals surface area contributed by atoms with Crippen LogP contribution in [0, 0.1) is 0 Å². The van der Waals surface area contributed by atoms with E-state index in [1.165, 1.54) is 6.07 Å². The van der Waals surface area contributed by atoms with Gasteiger partial charge in [0.05, 0.1) is 18.8 Å². The zero-order chi connectivity index (χ0) is 25.9. The lowest BCUT2D eigenvalue weighted by atomic mass is 10.1. The van der Waals surface area contributed by atoms with Gasteiger partial charge in [0.15, 0.2) is 6.29 Å². The molecule has 2 aromatic rings. The molecule has 2 N–H and O–H groups in total. The second-order valence-corrected chi connectivity index (χ2v) is 6.35. The van der Waals surface area contributed by atoms with Gasteiger partial charge in [-0.3, -0.25) is 9.59 Å². The monoisotopic (exact) mass is 479 g/mol. The number of ether oxygens (including phenoxy) is 3. The van der Waals surface area contributed by atoms with Gasteiger partial charge in [0.25, 0.3) is 0 Å². The molecule has 10 nitrogen and oxygen atoms in total. The summed E-state index contributed by atoms with van der Waals surface area (Å²) in [7, 11) is 3.30. The maximum atomic E-state index is 10.9. The van der Waals surface area contributed by atoms with Gasteiger partial charge < -0.3 is 33.8 Å². The molecule has 0 spiro atoms. The fraction of sp³-hybridized carbons (Fsp3) is 0.417. The van der Waals surface area contributed by atoms with Gasteiger partial charge in [0.1, 0.15) is 23.8 Å². The number of likely N-dealkylation sites (N-methyl/N-ethyl adjacent to an activating group) is 1. The maximum absolute atomic E-state index is 10.9. The number of methoxy groups -OCH3 is 1. The van der Waals surface area contributed by atoms with Crippen molar-refractivity contribution >= 4 is 24.5 Å². The van der Waals surface area contributed by atoms with Crippen molar-refractivity contribution in [3.8, 4) is 17.1 Å². The lowest BCUT2D eigenvalue weighted by molar-refractivity contribution is -0.146. The summed E-state index contributed by atoms with van der Waals surface area (Å²) >= 11 is 0. The van der Waals surface area contributed by atoms with Gasteiger partial charge in [-0.2, -0.15) is 0 Å². The zero-order valence-electron chi connectivity index (χ0n) is 20.2. The third-order valence-corrected chi connectivity index (χ3v) is 4.08. The van der Waals surface area contributed by atoms with E-state index in [0.29, 0.717) is 48.4 Å². The molecule has 0 amide bonds. The van der Waals surface area contributed by atoms with E-state index in [0.717, 1.165) is 6.61 Å². The largest absolute Gasteiger partial charge is 0.493 e. The lowest BCUT2D eigenvalue weighted by Crippen LogP contribution is -2.35. The van der Waals surface area contributed by atoms with Gasteiger partial charge in [-0.15, -0.1) is 0 Å². The van der Waals surface area contributed by atoms with Crippen molar-refractivity contribution in [3.63, 3.8) is 0 Å². The molecule has 0 saturated carbocycles. The van der Waals surface area contributed by atoms with Crippen molar-refractivity contribution in [1.29, 1.82) is 0 Å². The molecule has 0 aliphatic rings. The average molecular weight is 480 g/mol. The van der Waals surface area contributed by atoms with E-state index >= 15 is 0 Å². The first-order valence-corrected chi connectivity index (χ1v) is 10.6. The Kier molecular flexibility index (Phi) is 16.1. The summed E-state index contributed by atoms with van der Waals surface area (Å²) in [6.45, 7) is 7.10. The molecule has 2 rings (SSSR count). The van der Waals surface area contributed by atoms with Crippen LogP contribution in [0.5, 0.6) is 5.75 Å². The van der Waals surface area contributed by atoms with Gasteiger partial charge in [-0.1, -0.05) is 6.07 Å². The number of aldehydes is 2. The van der Waals surface area contributed by atoms with Crippen LogP contribution in [0.15, 0.2) is 34.7 Å². The number of nitrogens with one attached hydrogen (secondary N) is 1. The van der Waals surface area contributed by atoms with Crippen LogP contribution in [0.3, 0.4) is 0 Å². The normalized spacial score (nSPS) is 10.5. The van der Waals surface area contributed by atoms with E-state index in [4.69, 9.17) is 14.3 Å². The van der Waals surface area contributed by atoms with Crippen molar-refractivity contribution in [2.24, 2.45) is 0 Å². The predicted molar refractivity (Wildman–Crippen MR) is 125 cm³/mol. The number of furan rings is 1. The summed E-state index contributed by atoms with van der Waals surface area (Å²) in [5.41, 5.74) is 1.09. The first-order chi connectivity index (χ1) is 16.3. The molecule has 0 saturated heterocycles. The average Bonchev–Trinajstić information content (AvgIpc) is 3.34. The number of esters is 1. The first-order valence-electron chi connectivity index (χ1n) is 10.6. The third kappa shape index (κ3) is 10.9. The highest BCUT2D eigenvalue weighted by atomic mass is 16.5. The number of aromatic carboxylic acids is 1. The van der Waals surface area contributed by atoms with Crippen molar-refractivity contribution in [2.75, 3.05) is 34.0 Å². The van der Waals surface area contributed by atoms with E-state index < -0.39 is 12.0 Å². The molecule has 188 valence electrons. The van der Waals surface area contributed by atoms with Crippen molar-refractivity contribution in [1.82, 2.24) is 5.32 Å². The van der Waals surface area contributed by atoms with E-state index in [2.05, 4.69) is 14.8 Å². The fourth-order valence-corrected chi connectivity index (χ4v) is 2.34. The molecule has 0 radical (unpaired) electrons. The van der Waals surface area contributed by atoms with Crippen LogP contribution in [0.4, 0.5) is 0 Å². The maximum Gasteiger partial charge on any atom is 0.371 e. The topological polar surface area (TPSA) is 141 Å². The van der Waals surface area contributed by atoms with Crippen LogP contribution in [-0.2, 0) is 19.1 Å². The Morgan fingerprint density at radius 1 is 1.09 bits per heavy atom. The SMILES string of the molecule is CCOC.CCOC(=O)C(CC=O)NC.CCOc1cc(-c2ccc(C(=O)O)o2)ccc1C=O. The van der Waals surface area contributed by atoms with Crippen LogP contribution >= 0.6 is 0 Å². The summed E-state index contributed by atoms with van der Waals surface area (Å²) in [6, 6.07) is 7.39. The number of benzene rings is 1. The highest BCUT2D eigenvalue weighted by Crippen LogP contribution is 2.28. The molecular formula is C24H33NO9. The van der Waals surface area contributed by atoms with Crippen molar-refractivity contribution < 1.29 is 42.9 Å². The van der Waals surface area contributed by atoms with Crippen LogP contribution in [0.25, 0.3) is 11.3 Å². The Labute approximate surface area is 199 Å². The highest BCUT2D eigenvalue weighted by Gasteiger charge is 2.16. The molecule has 10 heteroatoms. The van der Waals surface area contributed by atoms with Crippen LogP contribution in [-0.4, -0.2) is 69.6 Å². The van der Waals surface area contributed by atoms with E-state index in [1.54, 1.807) is 45.3 Å². The lowest BCUT2D eigenvalue weighted by Gasteiger charge is -2.10. The van der Waals surface area contributed by atoms with Gasteiger partial charge >= 0.3 is 11.9 Å². The number of carbonyl (C=O) groups excluding carboxylic acids is 3. The number of hydrogen-bond acceptors (Lipinski definition) is 9. The number of rotatable bonds is 11. The highest BCUT2D eigenvalue weighted by molar-refractivity contribution is 5.86. The summed E-state index contributed by atoms with van der Waals surface area (Å²) in [5.74, 6) is -0.769. The number of carbonyl (C=O) groups is 4. The molecule has 0 aliphatic carbocycles. The number of carboxylic acid groups (broad SMARTS) is 1. The molecule has 1 atom stereocenters.